The number of nitrogens with zero attached hydrogens (tertiary/aromatic N) is 1. The minimum atomic E-state index is -3.65. The van der Waals surface area contributed by atoms with Crippen molar-refractivity contribution in [3.63, 3.8) is 0 Å². The lowest BCUT2D eigenvalue weighted by atomic mass is 10.4. The van der Waals surface area contributed by atoms with Gasteiger partial charge in [0.25, 0.3) is 0 Å². The van der Waals surface area contributed by atoms with Gasteiger partial charge in [0.1, 0.15) is 0 Å². The van der Waals surface area contributed by atoms with Crippen LogP contribution in [-0.4, -0.2) is 19.2 Å². The van der Waals surface area contributed by atoms with Crippen LogP contribution in [0.2, 0.25) is 4.47 Å². The Morgan fingerprint density at radius 3 is 2.53 bits per heavy atom. The molecule has 1 aromatic rings. The maximum Gasteiger partial charge on any atom is 0.301 e. The summed E-state index contributed by atoms with van der Waals surface area (Å²) in [6.07, 6.45) is -2.02. The molecule has 0 aliphatic rings. The van der Waals surface area contributed by atoms with E-state index in [2.05, 4.69) is 4.98 Å². The molecule has 0 aromatic carbocycles. The molecule has 0 N–H and O–H groups in total. The zero-order valence-electron chi connectivity index (χ0n) is 8.29. The van der Waals surface area contributed by atoms with Gasteiger partial charge in [-0.25, -0.2) is 17.8 Å². The number of allylic oxidation sites excluding steroid dienone is 1. The van der Waals surface area contributed by atoms with E-state index in [0.29, 0.717) is 4.88 Å². The van der Waals surface area contributed by atoms with Crippen LogP contribution in [-0.2, 0) is 15.6 Å². The summed E-state index contributed by atoms with van der Waals surface area (Å²) in [5.41, 5.74) is 0. The van der Waals surface area contributed by atoms with Crippen molar-refractivity contribution in [2.45, 2.75) is 12.2 Å². The van der Waals surface area contributed by atoms with Crippen LogP contribution >= 0.6 is 22.9 Å². The van der Waals surface area contributed by atoms with Gasteiger partial charge in [0.2, 0.25) is 0 Å². The Labute approximate surface area is 105 Å². The van der Waals surface area contributed by atoms with E-state index in [4.69, 9.17) is 11.6 Å². The molecule has 0 unspecified atom stereocenters. The summed E-state index contributed by atoms with van der Waals surface area (Å²) >= 11 is 6.48. The molecule has 0 amide bonds. The van der Waals surface area contributed by atoms with Crippen molar-refractivity contribution < 1.29 is 21.6 Å². The molecule has 0 atom stereocenters. The van der Waals surface area contributed by atoms with E-state index < -0.39 is 33.9 Å². The fourth-order valence-electron chi connectivity index (χ4n) is 0.979. The molecule has 96 valence electrons. The van der Waals surface area contributed by atoms with Crippen LogP contribution in [0.3, 0.4) is 0 Å². The Morgan fingerprint density at radius 2 is 2.06 bits per heavy atom. The molecule has 0 radical (unpaired) electrons. The highest BCUT2D eigenvalue weighted by Gasteiger charge is 2.16. The average Bonchev–Trinajstić information content (AvgIpc) is 2.59. The third kappa shape index (κ3) is 5.05. The zero-order valence-corrected chi connectivity index (χ0v) is 10.7. The van der Waals surface area contributed by atoms with Crippen LogP contribution in [0.25, 0.3) is 0 Å². The fraction of sp³-hybridized carbons (Fsp3) is 0.375. The molecule has 0 saturated heterocycles. The summed E-state index contributed by atoms with van der Waals surface area (Å²) in [4.78, 5) is 4.03. The highest BCUT2D eigenvalue weighted by Crippen LogP contribution is 2.21. The smallest absolute Gasteiger partial charge is 0.233 e. The lowest BCUT2D eigenvalue weighted by Crippen LogP contribution is -2.08. The number of hydrogen-bond acceptors (Lipinski definition) is 4. The third-order valence-electron chi connectivity index (χ3n) is 1.73. The summed E-state index contributed by atoms with van der Waals surface area (Å²) in [6, 6.07) is 0. The highest BCUT2D eigenvalue weighted by atomic mass is 35.5. The van der Waals surface area contributed by atoms with Crippen LogP contribution in [0.1, 0.15) is 11.3 Å². The minimum Gasteiger partial charge on any atom is -0.233 e. The van der Waals surface area contributed by atoms with Gasteiger partial charge in [-0.1, -0.05) is 11.6 Å². The van der Waals surface area contributed by atoms with Crippen molar-refractivity contribution in [3.8, 4) is 0 Å². The van der Waals surface area contributed by atoms with Gasteiger partial charge in [0.15, 0.2) is 20.1 Å². The van der Waals surface area contributed by atoms with Gasteiger partial charge < -0.3 is 0 Å². The lowest BCUT2D eigenvalue weighted by Gasteiger charge is -2.00. The number of aromatic nitrogens is 1. The molecule has 1 rings (SSSR count). The van der Waals surface area contributed by atoms with Gasteiger partial charge in [-0.15, -0.1) is 11.3 Å². The van der Waals surface area contributed by atoms with Crippen LogP contribution < -0.4 is 0 Å². The van der Waals surface area contributed by atoms with Gasteiger partial charge in [0.05, 0.1) is 11.5 Å². The largest absolute Gasteiger partial charge is 0.301 e. The monoisotopic (exact) mass is 305 g/mol. The van der Waals surface area contributed by atoms with Crippen LogP contribution in [0.15, 0.2) is 18.1 Å². The number of sulfone groups is 1. The highest BCUT2D eigenvalue weighted by molar-refractivity contribution is 7.90. The second kappa shape index (κ2) is 5.83. The molecule has 0 fully saturated rings. The Hall–Kier alpha value is -0.600. The van der Waals surface area contributed by atoms with Crippen LogP contribution in [0.4, 0.5) is 13.2 Å². The van der Waals surface area contributed by atoms with Crippen molar-refractivity contribution in [2.75, 3.05) is 5.75 Å². The molecule has 17 heavy (non-hydrogen) atoms. The number of halogens is 4. The van der Waals surface area contributed by atoms with Crippen molar-refractivity contribution in [1.29, 1.82) is 0 Å². The summed E-state index contributed by atoms with van der Waals surface area (Å²) in [5, 5.41) is 0. The molecule has 0 saturated carbocycles. The normalized spacial score (nSPS) is 11.5. The lowest BCUT2D eigenvalue weighted by molar-refractivity contribution is 0.373. The number of rotatable bonds is 5. The van der Waals surface area contributed by atoms with Crippen molar-refractivity contribution in [3.05, 3.63) is 27.4 Å². The second-order valence-corrected chi connectivity index (χ2v) is 6.97. The molecule has 0 aliphatic carbocycles. The maximum atomic E-state index is 12.4. The van der Waals surface area contributed by atoms with E-state index in [-0.39, 0.29) is 10.2 Å². The molecule has 3 nitrogen and oxygen atoms in total. The summed E-state index contributed by atoms with van der Waals surface area (Å²) in [6.45, 7) is 0. The summed E-state index contributed by atoms with van der Waals surface area (Å²) < 4.78 is 58.9. The van der Waals surface area contributed by atoms with Crippen molar-refractivity contribution in [2.24, 2.45) is 0 Å². The predicted octanol–water partition coefficient (Wildman–Crippen LogP) is 3.18. The zero-order chi connectivity index (χ0) is 13.1. The van der Waals surface area contributed by atoms with E-state index in [1.807, 2.05) is 0 Å². The molecule has 0 spiro atoms. The second-order valence-electron chi connectivity index (χ2n) is 3.09. The summed E-state index contributed by atoms with van der Waals surface area (Å²) in [5.74, 6) is -2.75. The molecule has 0 aliphatic heterocycles. The standard InChI is InChI=1S/C8H7ClF3NO2S2/c9-8-13-3-5(16-8)4-17(14,15)2-1-6(10)7(11)12/h3H,1-2,4H2. The van der Waals surface area contributed by atoms with E-state index in [0.717, 1.165) is 11.3 Å². The van der Waals surface area contributed by atoms with Crippen molar-refractivity contribution >= 4 is 32.8 Å². The molecule has 1 heterocycles. The van der Waals surface area contributed by atoms with Crippen LogP contribution in [0.5, 0.6) is 0 Å². The maximum absolute atomic E-state index is 12.4. The number of thiazole rings is 1. The third-order valence-corrected chi connectivity index (χ3v) is 4.60. The van der Waals surface area contributed by atoms with Gasteiger partial charge in [0, 0.05) is 17.5 Å². The SMILES string of the molecule is O=S(=O)(CCC(F)=C(F)F)Cc1cnc(Cl)s1. The van der Waals surface area contributed by atoms with E-state index in [1.165, 1.54) is 6.20 Å². The van der Waals surface area contributed by atoms with Gasteiger partial charge in [-0.05, 0) is 0 Å². The Balaban J connectivity index is 2.61. The fourth-order valence-corrected chi connectivity index (χ4v) is 3.67. The first-order chi connectivity index (χ1) is 7.80. The molecule has 0 bridgehead atoms. The first kappa shape index (κ1) is 14.5. The molecular weight excluding hydrogens is 299 g/mol. The topological polar surface area (TPSA) is 47.0 Å². The first-order valence-electron chi connectivity index (χ1n) is 4.30. The Morgan fingerprint density at radius 1 is 1.41 bits per heavy atom. The molecule has 1 aromatic heterocycles. The Kier molecular flexibility index (Phi) is 4.96. The van der Waals surface area contributed by atoms with Gasteiger partial charge in [-0.3, -0.25) is 0 Å². The first-order valence-corrected chi connectivity index (χ1v) is 7.32. The Bertz CT molecular complexity index is 523. The summed E-state index contributed by atoms with van der Waals surface area (Å²) in [7, 11) is -3.65. The minimum absolute atomic E-state index is 0.191. The van der Waals surface area contributed by atoms with E-state index in [1.54, 1.807) is 0 Å². The van der Waals surface area contributed by atoms with E-state index >= 15 is 0 Å². The van der Waals surface area contributed by atoms with Crippen LogP contribution in [0, 0.1) is 0 Å². The predicted molar refractivity (Wildman–Crippen MR) is 59.6 cm³/mol. The van der Waals surface area contributed by atoms with Gasteiger partial charge in [-0.2, -0.15) is 8.78 Å². The quantitative estimate of drug-likeness (QED) is 0.839. The van der Waals surface area contributed by atoms with E-state index in [9.17, 15) is 21.6 Å². The van der Waals surface area contributed by atoms with Gasteiger partial charge >= 0.3 is 6.08 Å². The molecular formula is C8H7ClF3NO2S2. The molecule has 9 heteroatoms. The van der Waals surface area contributed by atoms with Crippen molar-refractivity contribution in [1.82, 2.24) is 4.98 Å². The average molecular weight is 306 g/mol. The number of hydrogen-bond donors (Lipinski definition) is 0.